The van der Waals surface area contributed by atoms with Crippen LogP contribution in [0.1, 0.15) is 12.5 Å². The number of hydrogen-bond donors (Lipinski definition) is 0. The lowest BCUT2D eigenvalue weighted by molar-refractivity contribution is -0.119. The topological polar surface area (TPSA) is 67.4 Å². The number of carbonyl (C=O) groups excluding carboxylic acids is 1. The van der Waals surface area contributed by atoms with Crippen molar-refractivity contribution in [2.45, 2.75) is 6.92 Å². The summed E-state index contributed by atoms with van der Waals surface area (Å²) in [5.41, 5.74) is 6.82. The molecule has 0 N–H and O–H groups in total. The van der Waals surface area contributed by atoms with Gasteiger partial charge >= 0.3 is 0 Å². The quantitative estimate of drug-likeness (QED) is 0.240. The van der Waals surface area contributed by atoms with Gasteiger partial charge in [0.15, 0.2) is 5.84 Å². The maximum atomic E-state index is 13.3. The first kappa shape index (κ1) is 23.9. The molecule has 194 valence electrons. The van der Waals surface area contributed by atoms with E-state index in [4.69, 9.17) is 14.1 Å². The Morgan fingerprint density at radius 1 is 0.850 bits per heavy atom. The summed E-state index contributed by atoms with van der Waals surface area (Å²) >= 11 is 0. The Balaban J connectivity index is 1.39. The SMILES string of the molecule is COc1cc2c(-c3ccccc3)c(-c3ccccc3)oc2cc1C1=NC2=NN(c3ccccc3)C(=O)[C@H]2C(C)=C1. The third-order valence-corrected chi connectivity index (χ3v) is 7.36. The van der Waals surface area contributed by atoms with Crippen LogP contribution in [0.25, 0.3) is 33.4 Å². The molecule has 7 rings (SSSR count). The van der Waals surface area contributed by atoms with E-state index in [0.717, 1.165) is 50.2 Å². The van der Waals surface area contributed by atoms with Crippen LogP contribution in [0, 0.1) is 5.92 Å². The first-order chi connectivity index (χ1) is 19.6. The van der Waals surface area contributed by atoms with Crippen molar-refractivity contribution in [2.24, 2.45) is 16.0 Å². The zero-order valence-corrected chi connectivity index (χ0v) is 22.0. The highest BCUT2D eigenvalue weighted by Crippen LogP contribution is 2.43. The number of allylic oxidation sites excluding steroid dienone is 1. The molecule has 0 bridgehead atoms. The molecule has 0 radical (unpaired) electrons. The number of hydrogen-bond acceptors (Lipinski definition) is 5. The predicted molar refractivity (Wildman–Crippen MR) is 159 cm³/mol. The average Bonchev–Trinajstić information content (AvgIpc) is 3.55. The van der Waals surface area contributed by atoms with Gasteiger partial charge in [0.1, 0.15) is 23.0 Å². The molecule has 1 atom stereocenters. The lowest BCUT2D eigenvalue weighted by Crippen LogP contribution is -2.30. The highest BCUT2D eigenvalue weighted by molar-refractivity contribution is 6.26. The zero-order chi connectivity index (χ0) is 27.2. The Hall–Kier alpha value is -5.23. The molecule has 4 aromatic carbocycles. The van der Waals surface area contributed by atoms with Crippen LogP contribution in [0.15, 0.2) is 129 Å². The fourth-order valence-electron chi connectivity index (χ4n) is 5.45. The number of aliphatic imine (C=N–C) groups is 1. The lowest BCUT2D eigenvalue weighted by Gasteiger charge is -2.18. The summed E-state index contributed by atoms with van der Waals surface area (Å²) in [6.07, 6.45) is 1.94. The van der Waals surface area contributed by atoms with Crippen LogP contribution in [-0.4, -0.2) is 24.6 Å². The minimum atomic E-state index is -0.503. The summed E-state index contributed by atoms with van der Waals surface area (Å²) in [7, 11) is 1.65. The molecular formula is C34H25N3O3. The van der Waals surface area contributed by atoms with Crippen LogP contribution in [0.4, 0.5) is 5.69 Å². The molecule has 1 aromatic heterocycles. The van der Waals surface area contributed by atoms with Crippen LogP contribution >= 0.6 is 0 Å². The summed E-state index contributed by atoms with van der Waals surface area (Å²) in [4.78, 5) is 18.1. The van der Waals surface area contributed by atoms with Gasteiger partial charge in [0, 0.05) is 22.1 Å². The number of furan rings is 1. The number of hydrazone groups is 1. The van der Waals surface area contributed by atoms with E-state index in [9.17, 15) is 4.79 Å². The standard InChI is InChI=1S/C34H25N3O3/c1-21-18-27(35-33-30(21)34(38)37(36-33)24-16-10-5-11-17-24)25-19-29-26(20-28(25)39-2)31(22-12-6-3-7-13-22)32(40-29)23-14-8-4-9-15-23/h3-20,30H,1-2H3/t30-/m0/s1. The first-order valence-electron chi connectivity index (χ1n) is 13.1. The van der Waals surface area contributed by atoms with E-state index in [1.807, 2.05) is 104 Å². The molecule has 40 heavy (non-hydrogen) atoms. The largest absolute Gasteiger partial charge is 0.496 e. The van der Waals surface area contributed by atoms with Crippen LogP contribution in [-0.2, 0) is 4.79 Å². The molecule has 0 aliphatic carbocycles. The zero-order valence-electron chi connectivity index (χ0n) is 22.0. The van der Waals surface area contributed by atoms with Crippen molar-refractivity contribution in [3.63, 3.8) is 0 Å². The fourth-order valence-corrected chi connectivity index (χ4v) is 5.45. The highest BCUT2D eigenvalue weighted by atomic mass is 16.5. The Bertz CT molecular complexity index is 1850. The van der Waals surface area contributed by atoms with Gasteiger partial charge in [0.25, 0.3) is 5.91 Å². The fraction of sp³-hybridized carbons (Fsp3) is 0.0882. The van der Waals surface area contributed by atoms with Crippen molar-refractivity contribution < 1.29 is 13.9 Å². The molecule has 5 aromatic rings. The van der Waals surface area contributed by atoms with Crippen molar-refractivity contribution in [1.82, 2.24) is 0 Å². The van der Waals surface area contributed by atoms with Gasteiger partial charge in [-0.15, -0.1) is 5.10 Å². The number of benzene rings is 4. The Morgan fingerprint density at radius 3 is 2.17 bits per heavy atom. The van der Waals surface area contributed by atoms with Crippen molar-refractivity contribution in [3.8, 4) is 28.2 Å². The van der Waals surface area contributed by atoms with Gasteiger partial charge in [-0.2, -0.15) is 5.01 Å². The first-order valence-corrected chi connectivity index (χ1v) is 13.1. The number of para-hydroxylation sites is 1. The summed E-state index contributed by atoms with van der Waals surface area (Å²) < 4.78 is 12.5. The number of anilines is 1. The monoisotopic (exact) mass is 523 g/mol. The Labute approximate surface area is 231 Å². The normalized spacial score (nSPS) is 16.4. The van der Waals surface area contributed by atoms with Crippen LogP contribution in [0.2, 0.25) is 0 Å². The molecule has 2 aliphatic rings. The van der Waals surface area contributed by atoms with Gasteiger partial charge < -0.3 is 9.15 Å². The molecule has 0 fully saturated rings. The number of methoxy groups -OCH3 is 1. The second kappa shape index (κ2) is 9.50. The van der Waals surface area contributed by atoms with E-state index >= 15 is 0 Å². The van der Waals surface area contributed by atoms with Gasteiger partial charge in [-0.3, -0.25) is 4.79 Å². The number of carbonyl (C=O) groups is 1. The second-order valence-electron chi connectivity index (χ2n) is 9.85. The molecule has 2 aliphatic heterocycles. The molecular weight excluding hydrogens is 498 g/mol. The molecule has 0 unspecified atom stereocenters. The van der Waals surface area contributed by atoms with Crippen molar-refractivity contribution in [2.75, 3.05) is 12.1 Å². The molecule has 6 nitrogen and oxygen atoms in total. The molecule has 1 amide bonds. The maximum absolute atomic E-state index is 13.3. The van der Waals surface area contributed by atoms with E-state index in [0.29, 0.717) is 17.3 Å². The van der Waals surface area contributed by atoms with E-state index in [-0.39, 0.29) is 5.91 Å². The van der Waals surface area contributed by atoms with Gasteiger partial charge in [-0.1, -0.05) is 84.4 Å². The van der Waals surface area contributed by atoms with Crippen LogP contribution in [0.3, 0.4) is 0 Å². The van der Waals surface area contributed by atoms with Gasteiger partial charge in [0.05, 0.1) is 18.5 Å². The van der Waals surface area contributed by atoms with E-state index in [2.05, 4.69) is 17.2 Å². The summed E-state index contributed by atoms with van der Waals surface area (Å²) in [6.45, 7) is 1.94. The minimum absolute atomic E-state index is 0.105. The molecule has 3 heterocycles. The van der Waals surface area contributed by atoms with Crippen molar-refractivity contribution in [1.29, 1.82) is 0 Å². The Morgan fingerprint density at radius 2 is 1.50 bits per heavy atom. The third-order valence-electron chi connectivity index (χ3n) is 7.36. The summed E-state index contributed by atoms with van der Waals surface area (Å²) in [5.74, 6) is 1.32. The van der Waals surface area contributed by atoms with Crippen LogP contribution in [0.5, 0.6) is 5.75 Å². The summed E-state index contributed by atoms with van der Waals surface area (Å²) in [5, 5.41) is 7.00. The van der Waals surface area contributed by atoms with Gasteiger partial charge in [0.2, 0.25) is 0 Å². The second-order valence-corrected chi connectivity index (χ2v) is 9.85. The van der Waals surface area contributed by atoms with E-state index < -0.39 is 5.92 Å². The van der Waals surface area contributed by atoms with Gasteiger partial charge in [-0.25, -0.2) is 4.99 Å². The number of rotatable bonds is 5. The van der Waals surface area contributed by atoms with E-state index in [1.54, 1.807) is 7.11 Å². The third kappa shape index (κ3) is 3.84. The number of ether oxygens (including phenoxy) is 1. The molecule has 0 spiro atoms. The molecule has 6 heteroatoms. The van der Waals surface area contributed by atoms with Gasteiger partial charge in [-0.05, 0) is 42.8 Å². The van der Waals surface area contributed by atoms with Crippen molar-refractivity contribution in [3.05, 3.63) is 120 Å². The molecule has 0 saturated heterocycles. The molecule has 0 saturated carbocycles. The number of amidine groups is 1. The average molecular weight is 524 g/mol. The number of nitrogens with zero attached hydrogens (tertiary/aromatic N) is 3. The number of amides is 1. The Kier molecular flexibility index (Phi) is 5.67. The van der Waals surface area contributed by atoms with Crippen LogP contribution < -0.4 is 9.75 Å². The maximum Gasteiger partial charge on any atom is 0.262 e. The lowest BCUT2D eigenvalue weighted by atomic mass is 9.92. The number of fused-ring (bicyclic) bond motifs is 2. The minimum Gasteiger partial charge on any atom is -0.496 e. The summed E-state index contributed by atoms with van der Waals surface area (Å²) in [6, 6.07) is 33.7. The van der Waals surface area contributed by atoms with Crippen molar-refractivity contribution >= 4 is 34.1 Å². The highest BCUT2D eigenvalue weighted by Gasteiger charge is 2.40. The van der Waals surface area contributed by atoms with E-state index in [1.165, 1.54) is 5.01 Å². The smallest absolute Gasteiger partial charge is 0.262 e. The number of dihydropyridines is 1. The predicted octanol–water partition coefficient (Wildman–Crippen LogP) is 7.50.